The van der Waals surface area contributed by atoms with Crippen LogP contribution in [-0.4, -0.2) is 41.2 Å². The summed E-state index contributed by atoms with van der Waals surface area (Å²) in [6.07, 6.45) is 3.05. The summed E-state index contributed by atoms with van der Waals surface area (Å²) in [5.41, 5.74) is 2.29. The molecule has 1 heterocycles. The van der Waals surface area contributed by atoms with Crippen LogP contribution in [0.5, 0.6) is 5.75 Å². The molecule has 4 nitrogen and oxygen atoms in total. The molecule has 3 rings (SSSR count). The highest BCUT2D eigenvalue weighted by Crippen LogP contribution is 2.30. The second kappa shape index (κ2) is 6.29. The number of hydrogen-bond acceptors (Lipinski definition) is 3. The lowest BCUT2D eigenvalue weighted by Crippen LogP contribution is -2.58. The summed E-state index contributed by atoms with van der Waals surface area (Å²) in [4.78, 5) is 14.3. The molecule has 22 heavy (non-hydrogen) atoms. The average Bonchev–Trinajstić information content (AvgIpc) is 2.45. The number of carbonyl (C=O) groups excluding carboxylic acids is 1. The van der Waals surface area contributed by atoms with Crippen molar-refractivity contribution in [2.24, 2.45) is 5.92 Å². The molecule has 1 aliphatic carbocycles. The van der Waals surface area contributed by atoms with Gasteiger partial charge in [-0.25, -0.2) is 0 Å². The number of ether oxygens (including phenoxy) is 1. The van der Waals surface area contributed by atoms with Crippen LogP contribution in [0, 0.1) is 19.8 Å². The van der Waals surface area contributed by atoms with Gasteiger partial charge < -0.3 is 14.7 Å². The zero-order valence-electron chi connectivity index (χ0n) is 13.4. The molecule has 1 amide bonds. The maximum absolute atomic E-state index is 12.4. The van der Waals surface area contributed by atoms with Gasteiger partial charge in [0.1, 0.15) is 11.9 Å². The summed E-state index contributed by atoms with van der Waals surface area (Å²) in [5.74, 6) is 1.30. The summed E-state index contributed by atoms with van der Waals surface area (Å²) in [5, 5.41) is 9.53. The Bertz CT molecular complexity index is 523. The summed E-state index contributed by atoms with van der Waals surface area (Å²) in [6, 6.07) is 6.14. The van der Waals surface area contributed by atoms with E-state index in [4.69, 9.17) is 4.74 Å². The molecule has 0 aromatic heterocycles. The number of carbonyl (C=O) groups is 1. The first kappa shape index (κ1) is 15.3. The van der Waals surface area contributed by atoms with Gasteiger partial charge in [-0.1, -0.05) is 18.2 Å². The van der Waals surface area contributed by atoms with Crippen LogP contribution < -0.4 is 4.74 Å². The number of aliphatic hydroxyl groups is 1. The molecule has 0 unspecified atom stereocenters. The number of nitrogens with zero attached hydrogens (tertiary/aromatic N) is 1. The first-order valence-electron chi connectivity index (χ1n) is 8.24. The zero-order valence-corrected chi connectivity index (χ0v) is 13.4. The summed E-state index contributed by atoms with van der Waals surface area (Å²) < 4.78 is 6.06. The summed E-state index contributed by atoms with van der Waals surface area (Å²) >= 11 is 0. The van der Waals surface area contributed by atoms with Crippen molar-refractivity contribution >= 4 is 5.91 Å². The molecule has 2 fully saturated rings. The lowest BCUT2D eigenvalue weighted by molar-refractivity contribution is -0.146. The Balaban J connectivity index is 1.51. The van der Waals surface area contributed by atoms with Gasteiger partial charge in [-0.2, -0.15) is 0 Å². The highest BCUT2D eigenvalue weighted by Gasteiger charge is 2.37. The van der Waals surface area contributed by atoms with Crippen molar-refractivity contribution in [3.05, 3.63) is 29.3 Å². The first-order valence-corrected chi connectivity index (χ1v) is 8.24. The standard InChI is InChI=1S/C18H25NO3/c1-12-4-3-5-13(2)17(12)22-16-10-19(11-16)18(21)14-6-8-15(20)9-7-14/h3-5,14-16,20H,6-11H2,1-2H3. The van der Waals surface area contributed by atoms with E-state index in [0.29, 0.717) is 13.1 Å². The first-order chi connectivity index (χ1) is 10.5. The number of rotatable bonds is 3. The molecule has 1 aromatic rings. The van der Waals surface area contributed by atoms with Crippen LogP contribution in [-0.2, 0) is 4.79 Å². The van der Waals surface area contributed by atoms with Crippen LogP contribution in [0.25, 0.3) is 0 Å². The predicted octanol–water partition coefficient (Wildman–Crippen LogP) is 2.44. The SMILES string of the molecule is Cc1cccc(C)c1OC1CN(C(=O)C2CCC(O)CC2)C1. The van der Waals surface area contributed by atoms with Crippen LogP contribution in [0.2, 0.25) is 0 Å². The lowest BCUT2D eigenvalue weighted by Gasteiger charge is -2.42. The molecule has 0 radical (unpaired) electrons. The number of aliphatic hydroxyl groups excluding tert-OH is 1. The van der Waals surface area contributed by atoms with Crippen LogP contribution in [0.15, 0.2) is 18.2 Å². The quantitative estimate of drug-likeness (QED) is 0.933. The van der Waals surface area contributed by atoms with Gasteiger partial charge in [-0.05, 0) is 50.7 Å². The summed E-state index contributed by atoms with van der Waals surface area (Å²) in [7, 11) is 0. The normalized spacial score (nSPS) is 25.7. The van der Waals surface area contributed by atoms with E-state index in [2.05, 4.69) is 26.0 Å². The largest absolute Gasteiger partial charge is 0.486 e. The maximum atomic E-state index is 12.4. The minimum atomic E-state index is -0.208. The molecule has 1 aliphatic heterocycles. The van der Waals surface area contributed by atoms with Gasteiger partial charge in [0.25, 0.3) is 0 Å². The predicted molar refractivity (Wildman–Crippen MR) is 84.9 cm³/mol. The minimum Gasteiger partial charge on any atom is -0.486 e. The molecular weight excluding hydrogens is 278 g/mol. The third-order valence-corrected chi connectivity index (χ3v) is 4.90. The van der Waals surface area contributed by atoms with Crippen molar-refractivity contribution in [3.63, 3.8) is 0 Å². The highest BCUT2D eigenvalue weighted by atomic mass is 16.5. The number of benzene rings is 1. The molecule has 0 bridgehead atoms. The minimum absolute atomic E-state index is 0.101. The molecule has 120 valence electrons. The van der Waals surface area contributed by atoms with Crippen LogP contribution >= 0.6 is 0 Å². The van der Waals surface area contributed by atoms with Crippen molar-refractivity contribution in [3.8, 4) is 5.75 Å². The molecule has 2 aliphatic rings. The molecule has 1 N–H and O–H groups in total. The van der Waals surface area contributed by atoms with Gasteiger partial charge in [0.05, 0.1) is 19.2 Å². The maximum Gasteiger partial charge on any atom is 0.225 e. The number of aryl methyl sites for hydroxylation is 2. The Morgan fingerprint density at radius 2 is 1.73 bits per heavy atom. The van der Waals surface area contributed by atoms with E-state index in [1.807, 2.05) is 11.0 Å². The van der Waals surface area contributed by atoms with Gasteiger partial charge in [0, 0.05) is 5.92 Å². The van der Waals surface area contributed by atoms with E-state index < -0.39 is 0 Å². The molecule has 1 saturated carbocycles. The number of para-hydroxylation sites is 1. The van der Waals surface area contributed by atoms with Gasteiger partial charge in [-0.3, -0.25) is 4.79 Å². The van der Waals surface area contributed by atoms with E-state index in [1.54, 1.807) is 0 Å². The Kier molecular flexibility index (Phi) is 4.39. The van der Waals surface area contributed by atoms with Crippen molar-refractivity contribution in [2.45, 2.75) is 51.7 Å². The van der Waals surface area contributed by atoms with Crippen molar-refractivity contribution < 1.29 is 14.6 Å². The second-order valence-electron chi connectivity index (χ2n) is 6.71. The fourth-order valence-electron chi connectivity index (χ4n) is 3.43. The molecule has 0 spiro atoms. The van der Waals surface area contributed by atoms with Gasteiger partial charge in [0.15, 0.2) is 0 Å². The number of hydrogen-bond donors (Lipinski definition) is 1. The van der Waals surface area contributed by atoms with Crippen molar-refractivity contribution in [1.82, 2.24) is 4.90 Å². The smallest absolute Gasteiger partial charge is 0.225 e. The average molecular weight is 303 g/mol. The van der Waals surface area contributed by atoms with E-state index in [-0.39, 0.29) is 24.0 Å². The number of amides is 1. The van der Waals surface area contributed by atoms with Crippen LogP contribution in [0.1, 0.15) is 36.8 Å². The van der Waals surface area contributed by atoms with E-state index in [1.165, 1.54) is 0 Å². The Hall–Kier alpha value is -1.55. The fraction of sp³-hybridized carbons (Fsp3) is 0.611. The van der Waals surface area contributed by atoms with Crippen LogP contribution in [0.4, 0.5) is 0 Å². The molecule has 4 heteroatoms. The number of likely N-dealkylation sites (tertiary alicyclic amines) is 1. The topological polar surface area (TPSA) is 49.8 Å². The molecule has 1 saturated heterocycles. The van der Waals surface area contributed by atoms with E-state index in [0.717, 1.165) is 42.6 Å². The Morgan fingerprint density at radius 3 is 2.32 bits per heavy atom. The monoisotopic (exact) mass is 303 g/mol. The molecule has 0 atom stereocenters. The molecule has 1 aromatic carbocycles. The Morgan fingerprint density at radius 1 is 1.14 bits per heavy atom. The molecular formula is C18H25NO3. The van der Waals surface area contributed by atoms with E-state index in [9.17, 15) is 9.90 Å². The Labute approximate surface area is 132 Å². The third-order valence-electron chi connectivity index (χ3n) is 4.90. The van der Waals surface area contributed by atoms with Crippen molar-refractivity contribution in [1.29, 1.82) is 0 Å². The van der Waals surface area contributed by atoms with Crippen LogP contribution in [0.3, 0.4) is 0 Å². The van der Waals surface area contributed by atoms with Gasteiger partial charge >= 0.3 is 0 Å². The lowest BCUT2D eigenvalue weighted by atomic mass is 9.86. The van der Waals surface area contributed by atoms with E-state index >= 15 is 0 Å². The van der Waals surface area contributed by atoms with Crippen molar-refractivity contribution in [2.75, 3.05) is 13.1 Å². The van der Waals surface area contributed by atoms with Gasteiger partial charge in [-0.15, -0.1) is 0 Å². The second-order valence-corrected chi connectivity index (χ2v) is 6.71. The highest BCUT2D eigenvalue weighted by molar-refractivity contribution is 5.79. The zero-order chi connectivity index (χ0) is 15.7. The fourth-order valence-corrected chi connectivity index (χ4v) is 3.43. The third kappa shape index (κ3) is 3.12. The summed E-state index contributed by atoms with van der Waals surface area (Å²) in [6.45, 7) is 5.48. The van der Waals surface area contributed by atoms with Gasteiger partial charge in [0.2, 0.25) is 5.91 Å².